The first kappa shape index (κ1) is 21.5. The second kappa shape index (κ2) is 8.00. The van der Waals surface area contributed by atoms with Gasteiger partial charge in [0.15, 0.2) is 11.1 Å². The van der Waals surface area contributed by atoms with Crippen molar-refractivity contribution in [1.82, 2.24) is 20.5 Å². The Morgan fingerprint density at radius 3 is 2.66 bits per heavy atom. The standard InChI is InChI=1S/C25H25N5O5/c1-34-16-6-5-15-13-30(22(31)17(15)11-16)14-25(23(32)27-24(33)28-25)20-12-18-19(35-20)7-8-21(26-18)29-9-3-2-4-10-29/h5-8,11-12H,2-4,9-10,13-14H2,1H3,(H2,27,28,32,33)/t25-/m0/s1. The van der Waals surface area contributed by atoms with Crippen molar-refractivity contribution in [3.8, 4) is 5.75 Å². The molecule has 2 aromatic heterocycles. The van der Waals surface area contributed by atoms with Crippen LogP contribution in [0.4, 0.5) is 10.6 Å². The summed E-state index contributed by atoms with van der Waals surface area (Å²) in [6.45, 7) is 2.13. The summed E-state index contributed by atoms with van der Waals surface area (Å²) in [6, 6.07) is 10.1. The van der Waals surface area contributed by atoms with E-state index in [0.717, 1.165) is 37.3 Å². The molecule has 3 aliphatic rings. The van der Waals surface area contributed by atoms with Gasteiger partial charge in [-0.05, 0) is 49.1 Å². The molecule has 0 unspecified atom stereocenters. The maximum Gasteiger partial charge on any atom is 0.322 e. The fraction of sp³-hybridized carbons (Fsp3) is 0.360. The van der Waals surface area contributed by atoms with Gasteiger partial charge < -0.3 is 24.3 Å². The Bertz CT molecular complexity index is 1360. The van der Waals surface area contributed by atoms with E-state index in [1.807, 2.05) is 18.2 Å². The molecule has 0 saturated carbocycles. The number of methoxy groups -OCH3 is 1. The number of furan rings is 1. The third kappa shape index (κ3) is 3.48. The summed E-state index contributed by atoms with van der Waals surface area (Å²) in [5.74, 6) is 0.861. The van der Waals surface area contributed by atoms with Crippen LogP contribution >= 0.6 is 0 Å². The molecule has 2 saturated heterocycles. The Hall–Kier alpha value is -4.08. The molecule has 2 fully saturated rings. The van der Waals surface area contributed by atoms with Gasteiger partial charge in [-0.1, -0.05) is 6.07 Å². The highest BCUT2D eigenvalue weighted by molar-refractivity contribution is 6.08. The number of fused-ring (bicyclic) bond motifs is 2. The fourth-order valence-corrected chi connectivity index (χ4v) is 5.16. The highest BCUT2D eigenvalue weighted by atomic mass is 16.5. The van der Waals surface area contributed by atoms with Crippen LogP contribution in [0.2, 0.25) is 0 Å². The number of benzene rings is 1. The first-order valence-electron chi connectivity index (χ1n) is 11.7. The van der Waals surface area contributed by atoms with Crippen LogP contribution in [0, 0.1) is 0 Å². The van der Waals surface area contributed by atoms with Gasteiger partial charge >= 0.3 is 6.03 Å². The first-order chi connectivity index (χ1) is 17.0. The Labute approximate surface area is 201 Å². The summed E-state index contributed by atoms with van der Waals surface area (Å²) < 4.78 is 11.3. The number of hydrogen-bond donors (Lipinski definition) is 2. The topological polar surface area (TPSA) is 117 Å². The molecule has 1 aromatic carbocycles. The van der Waals surface area contributed by atoms with Crippen LogP contribution in [0.5, 0.6) is 5.75 Å². The second-order valence-electron chi connectivity index (χ2n) is 9.21. The number of ether oxygens (including phenoxy) is 1. The smallest absolute Gasteiger partial charge is 0.322 e. The minimum absolute atomic E-state index is 0.0841. The van der Waals surface area contributed by atoms with Gasteiger partial charge in [0, 0.05) is 31.3 Å². The number of carbonyl (C=O) groups excluding carboxylic acids is 3. The minimum atomic E-state index is -1.56. The van der Waals surface area contributed by atoms with Gasteiger partial charge in [0.25, 0.3) is 11.8 Å². The molecule has 35 heavy (non-hydrogen) atoms. The van der Waals surface area contributed by atoms with Gasteiger partial charge in [-0.3, -0.25) is 14.9 Å². The molecule has 6 rings (SSSR count). The molecular formula is C25H25N5O5. The fourth-order valence-electron chi connectivity index (χ4n) is 5.16. The van der Waals surface area contributed by atoms with Gasteiger partial charge in [0.2, 0.25) is 0 Å². The lowest BCUT2D eigenvalue weighted by molar-refractivity contribution is -0.125. The number of nitrogens with one attached hydrogen (secondary N) is 2. The normalized spacial score (nSPS) is 21.9. The monoisotopic (exact) mass is 475 g/mol. The van der Waals surface area contributed by atoms with E-state index in [2.05, 4.69) is 15.5 Å². The van der Waals surface area contributed by atoms with E-state index in [0.29, 0.717) is 29.0 Å². The van der Waals surface area contributed by atoms with E-state index in [4.69, 9.17) is 14.1 Å². The Balaban J connectivity index is 1.35. The molecule has 2 N–H and O–H groups in total. The minimum Gasteiger partial charge on any atom is -0.497 e. The third-order valence-corrected chi connectivity index (χ3v) is 7.03. The predicted molar refractivity (Wildman–Crippen MR) is 126 cm³/mol. The summed E-state index contributed by atoms with van der Waals surface area (Å²) in [7, 11) is 1.54. The molecule has 5 heterocycles. The van der Waals surface area contributed by atoms with Crippen LogP contribution in [0.15, 0.2) is 40.8 Å². The molecule has 3 aromatic rings. The number of imide groups is 1. The quantitative estimate of drug-likeness (QED) is 0.545. The van der Waals surface area contributed by atoms with Crippen molar-refractivity contribution in [3.63, 3.8) is 0 Å². The number of amides is 4. The average molecular weight is 476 g/mol. The van der Waals surface area contributed by atoms with E-state index in [1.54, 1.807) is 25.3 Å². The molecule has 1 atom stereocenters. The van der Waals surface area contributed by atoms with Gasteiger partial charge in [0.05, 0.1) is 13.7 Å². The molecule has 0 spiro atoms. The lowest BCUT2D eigenvalue weighted by atomic mass is 9.95. The SMILES string of the molecule is COc1ccc2c(c1)C(=O)N(C[C@@]1(c3cc4nc(N5CCCCC5)ccc4o3)NC(=O)NC1=O)C2. The highest BCUT2D eigenvalue weighted by Crippen LogP contribution is 2.35. The zero-order valence-electron chi connectivity index (χ0n) is 19.3. The number of hydrogen-bond acceptors (Lipinski definition) is 7. The molecule has 10 nitrogen and oxygen atoms in total. The summed E-state index contributed by atoms with van der Waals surface area (Å²) >= 11 is 0. The zero-order valence-corrected chi connectivity index (χ0v) is 19.3. The van der Waals surface area contributed by atoms with E-state index < -0.39 is 17.5 Å². The molecule has 10 heteroatoms. The average Bonchev–Trinajstić information content (AvgIpc) is 3.53. The lowest BCUT2D eigenvalue weighted by Gasteiger charge is -2.28. The van der Waals surface area contributed by atoms with Gasteiger partial charge in [0.1, 0.15) is 22.8 Å². The van der Waals surface area contributed by atoms with Crippen molar-refractivity contribution in [2.45, 2.75) is 31.3 Å². The van der Waals surface area contributed by atoms with Gasteiger partial charge in [-0.2, -0.15) is 0 Å². The number of rotatable bonds is 5. The van der Waals surface area contributed by atoms with Crippen molar-refractivity contribution in [2.75, 3.05) is 31.6 Å². The third-order valence-electron chi connectivity index (χ3n) is 7.03. The number of aromatic nitrogens is 1. The number of pyridine rings is 1. The largest absolute Gasteiger partial charge is 0.497 e. The van der Waals surface area contributed by atoms with Crippen LogP contribution in [0.1, 0.15) is 40.9 Å². The van der Waals surface area contributed by atoms with Crippen molar-refractivity contribution >= 4 is 34.8 Å². The molecular weight excluding hydrogens is 450 g/mol. The maximum absolute atomic E-state index is 13.2. The molecule has 0 bridgehead atoms. The van der Waals surface area contributed by atoms with E-state index in [-0.39, 0.29) is 18.2 Å². The number of urea groups is 1. The van der Waals surface area contributed by atoms with Crippen LogP contribution in [0.3, 0.4) is 0 Å². The van der Waals surface area contributed by atoms with Crippen LogP contribution in [-0.2, 0) is 16.9 Å². The van der Waals surface area contributed by atoms with Gasteiger partial charge in [-0.25, -0.2) is 9.78 Å². The summed E-state index contributed by atoms with van der Waals surface area (Å²) in [4.78, 5) is 47.1. The molecule has 180 valence electrons. The first-order valence-corrected chi connectivity index (χ1v) is 11.7. The maximum atomic E-state index is 13.2. The number of nitrogens with zero attached hydrogens (tertiary/aromatic N) is 3. The molecule has 0 aliphatic carbocycles. The van der Waals surface area contributed by atoms with Crippen molar-refractivity contribution < 1.29 is 23.5 Å². The van der Waals surface area contributed by atoms with Crippen LogP contribution in [-0.4, -0.2) is 54.5 Å². The van der Waals surface area contributed by atoms with E-state index in [1.165, 1.54) is 11.3 Å². The number of anilines is 1. The Kier molecular flexibility index (Phi) is 4.91. The second-order valence-corrected chi connectivity index (χ2v) is 9.21. The Morgan fingerprint density at radius 2 is 1.91 bits per heavy atom. The summed E-state index contributed by atoms with van der Waals surface area (Å²) in [5.41, 5.74) is 0.882. The van der Waals surface area contributed by atoms with Crippen molar-refractivity contribution in [2.24, 2.45) is 0 Å². The highest BCUT2D eigenvalue weighted by Gasteiger charge is 2.53. The number of carbonyl (C=O) groups is 3. The van der Waals surface area contributed by atoms with Crippen molar-refractivity contribution in [1.29, 1.82) is 0 Å². The zero-order chi connectivity index (χ0) is 24.2. The van der Waals surface area contributed by atoms with Gasteiger partial charge in [-0.15, -0.1) is 0 Å². The molecule has 4 amide bonds. The van der Waals surface area contributed by atoms with Crippen LogP contribution in [0.25, 0.3) is 11.1 Å². The van der Waals surface area contributed by atoms with E-state index >= 15 is 0 Å². The lowest BCUT2D eigenvalue weighted by Crippen LogP contribution is -2.52. The van der Waals surface area contributed by atoms with E-state index in [9.17, 15) is 14.4 Å². The van der Waals surface area contributed by atoms with Crippen LogP contribution < -0.4 is 20.3 Å². The number of piperidine rings is 1. The predicted octanol–water partition coefficient (Wildman–Crippen LogP) is 2.52. The summed E-state index contributed by atoms with van der Waals surface area (Å²) in [6.07, 6.45) is 3.48. The summed E-state index contributed by atoms with van der Waals surface area (Å²) in [5, 5.41) is 5.03. The molecule has 0 radical (unpaired) electrons. The van der Waals surface area contributed by atoms with Crippen molar-refractivity contribution in [3.05, 3.63) is 53.3 Å². The molecule has 3 aliphatic heterocycles. The Morgan fingerprint density at radius 1 is 1.09 bits per heavy atom.